The standard InChI is InChI=1S/C19H23ClN2O3/c1-13-5-7-18(25-4)16(9-13)21-19(23)12-22(2)11-14-10-15(20)6-8-17(14)24-3/h5-10H,11-12H2,1-4H3,(H,21,23). The molecule has 0 unspecified atom stereocenters. The van der Waals surface area contributed by atoms with Crippen molar-refractivity contribution in [3.8, 4) is 11.5 Å². The van der Waals surface area contributed by atoms with Crippen molar-refractivity contribution in [3.05, 3.63) is 52.5 Å². The highest BCUT2D eigenvalue weighted by molar-refractivity contribution is 6.30. The third-order valence-corrected chi connectivity index (χ3v) is 3.96. The Bertz CT molecular complexity index is 749. The number of hydrogen-bond donors (Lipinski definition) is 1. The van der Waals surface area contributed by atoms with Crippen LogP contribution in [0.25, 0.3) is 0 Å². The van der Waals surface area contributed by atoms with Crippen molar-refractivity contribution in [1.29, 1.82) is 0 Å². The van der Waals surface area contributed by atoms with Crippen molar-refractivity contribution in [2.45, 2.75) is 13.5 Å². The molecule has 2 aromatic carbocycles. The molecule has 0 aliphatic heterocycles. The first-order valence-corrected chi connectivity index (χ1v) is 8.26. The summed E-state index contributed by atoms with van der Waals surface area (Å²) in [5.74, 6) is 1.27. The van der Waals surface area contributed by atoms with E-state index in [1.54, 1.807) is 20.3 Å². The molecule has 0 fully saturated rings. The Hall–Kier alpha value is -2.24. The molecule has 2 rings (SSSR count). The predicted molar refractivity (Wildman–Crippen MR) is 101 cm³/mol. The van der Waals surface area contributed by atoms with Crippen LogP contribution in [0.3, 0.4) is 0 Å². The number of amides is 1. The molecule has 0 atom stereocenters. The van der Waals surface area contributed by atoms with Gasteiger partial charge in [-0.1, -0.05) is 17.7 Å². The number of carbonyl (C=O) groups is 1. The van der Waals surface area contributed by atoms with Crippen molar-refractivity contribution in [2.24, 2.45) is 0 Å². The average Bonchev–Trinajstić information content (AvgIpc) is 2.55. The first-order chi connectivity index (χ1) is 11.9. The fourth-order valence-electron chi connectivity index (χ4n) is 2.57. The van der Waals surface area contributed by atoms with Gasteiger partial charge in [0.15, 0.2) is 0 Å². The highest BCUT2D eigenvalue weighted by Gasteiger charge is 2.13. The molecular formula is C19H23ClN2O3. The lowest BCUT2D eigenvalue weighted by Gasteiger charge is -2.19. The van der Waals surface area contributed by atoms with Gasteiger partial charge in [-0.2, -0.15) is 0 Å². The van der Waals surface area contributed by atoms with Crippen LogP contribution in [0, 0.1) is 6.92 Å². The zero-order chi connectivity index (χ0) is 18.4. The van der Waals surface area contributed by atoms with Crippen LogP contribution >= 0.6 is 11.6 Å². The molecule has 0 spiro atoms. The molecule has 0 saturated carbocycles. The van der Waals surface area contributed by atoms with Crippen molar-refractivity contribution >= 4 is 23.2 Å². The molecule has 0 bridgehead atoms. The maximum atomic E-state index is 12.3. The van der Waals surface area contributed by atoms with Crippen molar-refractivity contribution in [2.75, 3.05) is 33.1 Å². The largest absolute Gasteiger partial charge is 0.496 e. The monoisotopic (exact) mass is 362 g/mol. The smallest absolute Gasteiger partial charge is 0.238 e. The fraction of sp³-hybridized carbons (Fsp3) is 0.316. The summed E-state index contributed by atoms with van der Waals surface area (Å²) >= 11 is 6.05. The van der Waals surface area contributed by atoms with Gasteiger partial charge >= 0.3 is 0 Å². The first kappa shape index (κ1) is 19.1. The lowest BCUT2D eigenvalue weighted by atomic mass is 10.2. The molecule has 0 aliphatic carbocycles. The topological polar surface area (TPSA) is 50.8 Å². The van der Waals surface area contributed by atoms with E-state index in [1.807, 2.05) is 49.2 Å². The summed E-state index contributed by atoms with van der Waals surface area (Å²) in [7, 11) is 5.06. The predicted octanol–water partition coefficient (Wildman–Crippen LogP) is 3.74. The minimum absolute atomic E-state index is 0.118. The SMILES string of the molecule is COc1ccc(Cl)cc1CN(C)CC(=O)Nc1cc(C)ccc1OC. The molecule has 1 amide bonds. The Kier molecular flexibility index (Phi) is 6.67. The number of nitrogens with one attached hydrogen (secondary N) is 1. The quantitative estimate of drug-likeness (QED) is 0.815. The van der Waals surface area contributed by atoms with E-state index in [2.05, 4.69) is 5.32 Å². The number of anilines is 1. The second kappa shape index (κ2) is 8.74. The number of aryl methyl sites for hydroxylation is 1. The molecule has 0 aliphatic rings. The number of hydrogen-bond acceptors (Lipinski definition) is 4. The Morgan fingerprint density at radius 1 is 1.12 bits per heavy atom. The van der Waals surface area contributed by atoms with Crippen LogP contribution in [0.5, 0.6) is 11.5 Å². The van der Waals surface area contributed by atoms with Crippen LogP contribution in [-0.4, -0.2) is 38.6 Å². The minimum Gasteiger partial charge on any atom is -0.496 e. The van der Waals surface area contributed by atoms with Crippen LogP contribution in [0.4, 0.5) is 5.69 Å². The van der Waals surface area contributed by atoms with E-state index >= 15 is 0 Å². The number of rotatable bonds is 7. The highest BCUT2D eigenvalue weighted by Crippen LogP contribution is 2.26. The van der Waals surface area contributed by atoms with Gasteiger partial charge in [-0.3, -0.25) is 9.69 Å². The summed E-state index contributed by atoms with van der Waals surface area (Å²) in [6, 6.07) is 11.1. The van der Waals surface area contributed by atoms with Gasteiger partial charge in [0, 0.05) is 17.1 Å². The molecule has 5 nitrogen and oxygen atoms in total. The summed E-state index contributed by atoms with van der Waals surface area (Å²) in [5.41, 5.74) is 2.65. The summed E-state index contributed by atoms with van der Waals surface area (Å²) < 4.78 is 10.6. The number of ether oxygens (including phenoxy) is 2. The number of halogens is 1. The van der Waals surface area contributed by atoms with Gasteiger partial charge in [0.1, 0.15) is 11.5 Å². The van der Waals surface area contributed by atoms with E-state index in [1.165, 1.54) is 0 Å². The van der Waals surface area contributed by atoms with Gasteiger partial charge in [-0.25, -0.2) is 0 Å². The number of carbonyl (C=O) groups excluding carboxylic acids is 1. The van der Waals surface area contributed by atoms with E-state index in [4.69, 9.17) is 21.1 Å². The summed E-state index contributed by atoms with van der Waals surface area (Å²) in [6.07, 6.45) is 0. The maximum absolute atomic E-state index is 12.3. The van der Waals surface area contributed by atoms with Gasteiger partial charge in [-0.05, 0) is 49.9 Å². The summed E-state index contributed by atoms with van der Waals surface area (Å²) in [4.78, 5) is 14.2. The highest BCUT2D eigenvalue weighted by atomic mass is 35.5. The Morgan fingerprint density at radius 2 is 1.80 bits per heavy atom. The summed E-state index contributed by atoms with van der Waals surface area (Å²) in [5, 5.41) is 3.53. The second-order valence-corrected chi connectivity index (χ2v) is 6.32. The van der Waals surface area contributed by atoms with E-state index in [-0.39, 0.29) is 12.5 Å². The molecule has 0 aromatic heterocycles. The molecule has 0 heterocycles. The van der Waals surface area contributed by atoms with Crippen LogP contribution in [0.1, 0.15) is 11.1 Å². The molecular weight excluding hydrogens is 340 g/mol. The molecule has 1 N–H and O–H groups in total. The van der Waals surface area contributed by atoms with Crippen LogP contribution in [0.15, 0.2) is 36.4 Å². The van der Waals surface area contributed by atoms with Gasteiger partial charge in [0.25, 0.3) is 0 Å². The number of methoxy groups -OCH3 is 2. The molecule has 134 valence electrons. The third-order valence-electron chi connectivity index (χ3n) is 3.73. The van der Waals surface area contributed by atoms with E-state index in [9.17, 15) is 4.79 Å². The second-order valence-electron chi connectivity index (χ2n) is 5.88. The molecule has 25 heavy (non-hydrogen) atoms. The maximum Gasteiger partial charge on any atom is 0.238 e. The number of benzene rings is 2. The first-order valence-electron chi connectivity index (χ1n) is 7.88. The molecule has 0 saturated heterocycles. The van der Waals surface area contributed by atoms with E-state index < -0.39 is 0 Å². The molecule has 0 radical (unpaired) electrons. The number of likely N-dealkylation sites (N-methyl/N-ethyl adjacent to an activating group) is 1. The third kappa shape index (κ3) is 5.37. The van der Waals surface area contributed by atoms with Crippen molar-refractivity contribution in [1.82, 2.24) is 4.90 Å². The van der Waals surface area contributed by atoms with Crippen LogP contribution in [-0.2, 0) is 11.3 Å². The van der Waals surface area contributed by atoms with Crippen molar-refractivity contribution < 1.29 is 14.3 Å². The van der Waals surface area contributed by atoms with Gasteiger partial charge in [-0.15, -0.1) is 0 Å². The zero-order valence-corrected chi connectivity index (χ0v) is 15.7. The average molecular weight is 363 g/mol. The Balaban J connectivity index is 2.01. The van der Waals surface area contributed by atoms with Crippen molar-refractivity contribution in [3.63, 3.8) is 0 Å². The lowest BCUT2D eigenvalue weighted by molar-refractivity contribution is -0.117. The zero-order valence-electron chi connectivity index (χ0n) is 14.9. The lowest BCUT2D eigenvalue weighted by Crippen LogP contribution is -2.30. The Morgan fingerprint density at radius 3 is 2.48 bits per heavy atom. The van der Waals surface area contributed by atoms with Gasteiger partial charge in [0.2, 0.25) is 5.91 Å². The molecule has 6 heteroatoms. The van der Waals surface area contributed by atoms with Crippen LogP contribution < -0.4 is 14.8 Å². The summed E-state index contributed by atoms with van der Waals surface area (Å²) in [6.45, 7) is 2.74. The van der Waals surface area contributed by atoms with Gasteiger partial charge < -0.3 is 14.8 Å². The normalized spacial score (nSPS) is 10.6. The Labute approximate surface area is 153 Å². The van der Waals surface area contributed by atoms with E-state index in [0.29, 0.717) is 23.0 Å². The molecule has 2 aromatic rings. The fourth-order valence-corrected chi connectivity index (χ4v) is 2.77. The van der Waals surface area contributed by atoms with Gasteiger partial charge in [0.05, 0.1) is 26.5 Å². The van der Waals surface area contributed by atoms with E-state index in [0.717, 1.165) is 16.9 Å². The minimum atomic E-state index is -0.118. The number of nitrogens with zero attached hydrogens (tertiary/aromatic N) is 1. The van der Waals surface area contributed by atoms with Crippen LogP contribution in [0.2, 0.25) is 5.02 Å².